The molecule has 134 valence electrons. The summed E-state index contributed by atoms with van der Waals surface area (Å²) in [5, 5.41) is 0.651. The first-order valence-electron chi connectivity index (χ1n) is 8.55. The molecule has 0 radical (unpaired) electrons. The third-order valence-electron chi connectivity index (χ3n) is 4.64. The second kappa shape index (κ2) is 7.58. The number of carbonyl (C=O) groups excluding carboxylic acids is 1. The lowest BCUT2D eigenvalue weighted by Gasteiger charge is -2.48. The second-order valence-electron chi connectivity index (χ2n) is 6.59. The molecule has 0 amide bonds. The maximum atomic E-state index is 11.8. The van der Waals surface area contributed by atoms with Gasteiger partial charge in [0.1, 0.15) is 12.2 Å². The van der Waals surface area contributed by atoms with Crippen LogP contribution >= 0.6 is 11.6 Å². The number of hydrogen-bond donors (Lipinski definition) is 1. The molecule has 4 heteroatoms. The third-order valence-corrected chi connectivity index (χ3v) is 4.90. The molecule has 2 aromatic rings. The highest BCUT2D eigenvalue weighted by molar-refractivity contribution is 6.29. The first kappa shape index (κ1) is 18.6. The van der Waals surface area contributed by atoms with E-state index in [0.29, 0.717) is 11.5 Å². The fourth-order valence-corrected chi connectivity index (χ4v) is 3.82. The SMILES string of the molecule is CC(=O)COC(c1ccccc1)(c1ccccc1)C1(N)C=CC=C(Cl)C1. The Kier molecular flexibility index (Phi) is 5.42. The summed E-state index contributed by atoms with van der Waals surface area (Å²) in [4.78, 5) is 11.8. The topological polar surface area (TPSA) is 52.3 Å². The molecule has 1 aliphatic carbocycles. The smallest absolute Gasteiger partial charge is 0.155 e. The summed E-state index contributed by atoms with van der Waals surface area (Å²) in [6.07, 6.45) is 6.01. The highest BCUT2D eigenvalue weighted by Crippen LogP contribution is 2.47. The summed E-state index contributed by atoms with van der Waals surface area (Å²) in [5.41, 5.74) is 6.69. The number of halogens is 1. The maximum absolute atomic E-state index is 11.8. The van der Waals surface area contributed by atoms with Gasteiger partial charge in [-0.2, -0.15) is 0 Å². The van der Waals surface area contributed by atoms with Gasteiger partial charge in [0.15, 0.2) is 5.78 Å². The van der Waals surface area contributed by atoms with E-state index in [1.165, 1.54) is 6.92 Å². The summed E-state index contributed by atoms with van der Waals surface area (Å²) < 4.78 is 6.34. The van der Waals surface area contributed by atoms with Gasteiger partial charge >= 0.3 is 0 Å². The molecule has 1 unspecified atom stereocenters. The molecule has 3 rings (SSSR count). The highest BCUT2D eigenvalue weighted by atomic mass is 35.5. The number of benzene rings is 2. The van der Waals surface area contributed by atoms with Crippen molar-refractivity contribution < 1.29 is 9.53 Å². The Morgan fingerprint density at radius 2 is 1.65 bits per heavy atom. The first-order valence-corrected chi connectivity index (χ1v) is 8.93. The van der Waals surface area contributed by atoms with Crippen molar-refractivity contribution in [1.29, 1.82) is 0 Å². The number of nitrogens with two attached hydrogens (primary N) is 1. The van der Waals surface area contributed by atoms with Crippen molar-refractivity contribution >= 4 is 17.4 Å². The minimum absolute atomic E-state index is 0.0437. The normalized spacial score (nSPS) is 19.9. The van der Waals surface area contributed by atoms with Crippen LogP contribution in [-0.4, -0.2) is 17.9 Å². The standard InChI is InChI=1S/C22H22ClNO2/c1-17(25)16-26-22(18-9-4-2-5-10-18,19-11-6-3-7-12-19)21(24)14-8-13-20(23)15-21/h2-14H,15-16,24H2,1H3. The average molecular weight is 368 g/mol. The summed E-state index contributed by atoms with van der Waals surface area (Å²) in [7, 11) is 0. The molecule has 3 nitrogen and oxygen atoms in total. The average Bonchev–Trinajstić information content (AvgIpc) is 2.63. The summed E-state index contributed by atoms with van der Waals surface area (Å²) >= 11 is 6.35. The van der Waals surface area contributed by atoms with E-state index in [9.17, 15) is 4.79 Å². The molecular formula is C22H22ClNO2. The quantitative estimate of drug-likeness (QED) is 0.827. The Hall–Kier alpha value is -2.20. The zero-order chi connectivity index (χ0) is 18.6. The van der Waals surface area contributed by atoms with Crippen LogP contribution in [0.2, 0.25) is 0 Å². The van der Waals surface area contributed by atoms with Crippen LogP contribution in [-0.2, 0) is 15.1 Å². The minimum Gasteiger partial charge on any atom is -0.355 e. The van der Waals surface area contributed by atoms with Gasteiger partial charge in [0.25, 0.3) is 0 Å². The molecule has 1 atom stereocenters. The largest absolute Gasteiger partial charge is 0.355 e. The van der Waals surface area contributed by atoms with Gasteiger partial charge in [-0.05, 0) is 24.1 Å². The number of rotatable bonds is 6. The predicted molar refractivity (Wildman–Crippen MR) is 105 cm³/mol. The lowest BCUT2D eigenvalue weighted by molar-refractivity contribution is -0.130. The van der Waals surface area contributed by atoms with E-state index in [1.54, 1.807) is 0 Å². The zero-order valence-corrected chi connectivity index (χ0v) is 15.4. The van der Waals surface area contributed by atoms with E-state index in [1.807, 2.05) is 78.9 Å². The van der Waals surface area contributed by atoms with Crippen molar-refractivity contribution in [3.8, 4) is 0 Å². The molecular weight excluding hydrogens is 346 g/mol. The minimum atomic E-state index is -1.05. The number of carbonyl (C=O) groups is 1. The van der Waals surface area contributed by atoms with Gasteiger partial charge in [-0.3, -0.25) is 4.79 Å². The molecule has 0 fully saturated rings. The predicted octanol–water partition coefficient (Wildman–Crippen LogP) is 4.32. The molecule has 0 aromatic heterocycles. The van der Waals surface area contributed by atoms with Gasteiger partial charge in [0, 0.05) is 11.5 Å². The van der Waals surface area contributed by atoms with Crippen molar-refractivity contribution in [2.45, 2.75) is 24.5 Å². The van der Waals surface area contributed by atoms with E-state index < -0.39 is 11.1 Å². The Morgan fingerprint density at radius 1 is 1.12 bits per heavy atom. The number of hydrogen-bond acceptors (Lipinski definition) is 3. The zero-order valence-electron chi connectivity index (χ0n) is 14.7. The van der Waals surface area contributed by atoms with Crippen LogP contribution in [0.5, 0.6) is 0 Å². The van der Waals surface area contributed by atoms with Crippen LogP contribution in [0.1, 0.15) is 24.5 Å². The lowest BCUT2D eigenvalue weighted by Crippen LogP contribution is -2.60. The Morgan fingerprint density at radius 3 is 2.12 bits per heavy atom. The molecule has 26 heavy (non-hydrogen) atoms. The van der Waals surface area contributed by atoms with E-state index in [2.05, 4.69) is 0 Å². The van der Waals surface area contributed by atoms with Crippen LogP contribution in [0.15, 0.2) is 83.9 Å². The Labute approximate surface area is 159 Å². The number of Topliss-reactive ketones (excluding diaryl/α,β-unsaturated/α-hetero) is 1. The molecule has 0 spiro atoms. The fourth-order valence-electron chi connectivity index (χ4n) is 3.52. The van der Waals surface area contributed by atoms with Gasteiger partial charge in [-0.15, -0.1) is 0 Å². The van der Waals surface area contributed by atoms with E-state index in [-0.39, 0.29) is 12.4 Å². The van der Waals surface area contributed by atoms with Crippen LogP contribution in [0.4, 0.5) is 0 Å². The van der Waals surface area contributed by atoms with Crippen molar-refractivity contribution in [2.75, 3.05) is 6.61 Å². The van der Waals surface area contributed by atoms with Crippen LogP contribution < -0.4 is 5.73 Å². The maximum Gasteiger partial charge on any atom is 0.155 e. The third kappa shape index (κ3) is 3.38. The van der Waals surface area contributed by atoms with Crippen molar-refractivity contribution in [3.63, 3.8) is 0 Å². The number of ether oxygens (including phenoxy) is 1. The van der Waals surface area contributed by atoms with Gasteiger partial charge < -0.3 is 10.5 Å². The molecule has 0 saturated carbocycles. The summed E-state index contributed by atoms with van der Waals surface area (Å²) in [6, 6.07) is 19.5. The molecule has 0 bridgehead atoms. The van der Waals surface area contributed by atoms with E-state index in [0.717, 1.165) is 11.1 Å². The van der Waals surface area contributed by atoms with Gasteiger partial charge in [0.2, 0.25) is 0 Å². The van der Waals surface area contributed by atoms with Gasteiger partial charge in [0.05, 0.1) is 5.54 Å². The lowest BCUT2D eigenvalue weighted by atomic mass is 9.68. The van der Waals surface area contributed by atoms with E-state index in [4.69, 9.17) is 22.1 Å². The van der Waals surface area contributed by atoms with Gasteiger partial charge in [-0.1, -0.05) is 84.4 Å². The molecule has 0 aliphatic heterocycles. The molecule has 2 N–H and O–H groups in total. The molecule has 0 saturated heterocycles. The Bertz CT molecular complexity index is 790. The molecule has 0 heterocycles. The molecule has 2 aromatic carbocycles. The van der Waals surface area contributed by atoms with Crippen molar-refractivity contribution in [1.82, 2.24) is 0 Å². The first-order chi connectivity index (χ1) is 12.5. The monoisotopic (exact) mass is 367 g/mol. The van der Waals surface area contributed by atoms with Gasteiger partial charge in [-0.25, -0.2) is 0 Å². The molecule has 1 aliphatic rings. The van der Waals surface area contributed by atoms with Crippen molar-refractivity contribution in [2.24, 2.45) is 5.73 Å². The summed E-state index contributed by atoms with van der Waals surface area (Å²) in [6.45, 7) is 1.46. The fraction of sp³-hybridized carbons (Fsp3) is 0.227. The van der Waals surface area contributed by atoms with Crippen molar-refractivity contribution in [3.05, 3.63) is 95.1 Å². The van der Waals surface area contributed by atoms with Crippen LogP contribution in [0.25, 0.3) is 0 Å². The van der Waals surface area contributed by atoms with Crippen LogP contribution in [0.3, 0.4) is 0 Å². The highest BCUT2D eigenvalue weighted by Gasteiger charge is 2.52. The number of ketones is 1. The second-order valence-corrected chi connectivity index (χ2v) is 7.08. The summed E-state index contributed by atoms with van der Waals surface area (Å²) in [5.74, 6) is -0.0636. The Balaban J connectivity index is 2.26. The van der Waals surface area contributed by atoms with Crippen LogP contribution in [0, 0.1) is 0 Å². The van der Waals surface area contributed by atoms with E-state index >= 15 is 0 Å². The number of allylic oxidation sites excluding steroid dienone is 2.